The quantitative estimate of drug-likeness (QED) is 0.561. The largest absolute Gasteiger partial charge is 0.382 e. The standard InChI is InChI=1S/C16H23BrO2/c1-18-11-12-19-10-9-16(13-17)8-4-6-14-5-2-3-7-15(14)16/h2-3,5,7H,4,6,8-13H2,1H3. The number of ether oxygens (including phenoxy) is 2. The number of rotatable bonds is 7. The van der Waals surface area contributed by atoms with Crippen molar-refractivity contribution in [3.8, 4) is 0 Å². The molecule has 0 aliphatic heterocycles. The van der Waals surface area contributed by atoms with E-state index in [2.05, 4.69) is 40.2 Å². The van der Waals surface area contributed by atoms with Crippen LogP contribution < -0.4 is 0 Å². The maximum absolute atomic E-state index is 5.67. The third kappa shape index (κ3) is 3.59. The minimum Gasteiger partial charge on any atom is -0.382 e. The van der Waals surface area contributed by atoms with Crippen molar-refractivity contribution in [1.82, 2.24) is 0 Å². The number of aryl methyl sites for hydroxylation is 1. The van der Waals surface area contributed by atoms with Crippen LogP contribution in [0.3, 0.4) is 0 Å². The molecule has 0 bridgehead atoms. The molecule has 0 heterocycles. The molecule has 0 radical (unpaired) electrons. The lowest BCUT2D eigenvalue weighted by Gasteiger charge is -2.38. The summed E-state index contributed by atoms with van der Waals surface area (Å²) in [5.41, 5.74) is 3.29. The Labute approximate surface area is 124 Å². The van der Waals surface area contributed by atoms with Gasteiger partial charge in [0.15, 0.2) is 0 Å². The van der Waals surface area contributed by atoms with Crippen molar-refractivity contribution in [2.45, 2.75) is 31.1 Å². The Morgan fingerprint density at radius 2 is 2.05 bits per heavy atom. The summed E-state index contributed by atoms with van der Waals surface area (Å²) >= 11 is 3.74. The molecule has 1 aromatic carbocycles. The van der Waals surface area contributed by atoms with Crippen molar-refractivity contribution in [2.75, 3.05) is 32.3 Å². The van der Waals surface area contributed by atoms with Crippen LogP contribution in [0.1, 0.15) is 30.4 Å². The van der Waals surface area contributed by atoms with E-state index in [-0.39, 0.29) is 5.41 Å². The van der Waals surface area contributed by atoms with Gasteiger partial charge in [-0.3, -0.25) is 0 Å². The molecule has 1 unspecified atom stereocenters. The molecule has 1 aromatic rings. The number of halogens is 1. The SMILES string of the molecule is COCCOCCC1(CBr)CCCc2ccccc21. The second kappa shape index (κ2) is 7.41. The third-order valence-corrected chi connectivity index (χ3v) is 5.18. The first kappa shape index (κ1) is 15.0. The van der Waals surface area contributed by atoms with Gasteiger partial charge in [0, 0.05) is 24.5 Å². The first-order chi connectivity index (χ1) is 9.32. The molecule has 0 saturated carbocycles. The normalized spacial score (nSPS) is 22.2. The van der Waals surface area contributed by atoms with Crippen molar-refractivity contribution < 1.29 is 9.47 Å². The maximum atomic E-state index is 5.67. The highest BCUT2D eigenvalue weighted by Gasteiger charge is 2.34. The lowest BCUT2D eigenvalue weighted by molar-refractivity contribution is 0.0607. The molecule has 1 atom stereocenters. The van der Waals surface area contributed by atoms with Crippen LogP contribution in [0.5, 0.6) is 0 Å². The van der Waals surface area contributed by atoms with E-state index in [4.69, 9.17) is 9.47 Å². The number of alkyl halides is 1. The number of methoxy groups -OCH3 is 1. The molecular formula is C16H23BrO2. The van der Waals surface area contributed by atoms with Gasteiger partial charge < -0.3 is 9.47 Å². The van der Waals surface area contributed by atoms with E-state index < -0.39 is 0 Å². The Balaban J connectivity index is 2.02. The van der Waals surface area contributed by atoms with Crippen molar-refractivity contribution in [2.24, 2.45) is 0 Å². The van der Waals surface area contributed by atoms with E-state index in [0.717, 1.165) is 18.4 Å². The molecular weight excluding hydrogens is 304 g/mol. The van der Waals surface area contributed by atoms with E-state index in [1.165, 1.54) is 30.4 Å². The monoisotopic (exact) mass is 326 g/mol. The predicted octanol–water partition coefficient (Wildman–Crippen LogP) is 3.71. The van der Waals surface area contributed by atoms with Gasteiger partial charge in [-0.25, -0.2) is 0 Å². The average molecular weight is 327 g/mol. The Morgan fingerprint density at radius 3 is 2.84 bits per heavy atom. The zero-order valence-electron chi connectivity index (χ0n) is 11.7. The van der Waals surface area contributed by atoms with Gasteiger partial charge in [-0.2, -0.15) is 0 Å². The van der Waals surface area contributed by atoms with Crippen LogP contribution in [0.15, 0.2) is 24.3 Å². The summed E-state index contributed by atoms with van der Waals surface area (Å²) in [6, 6.07) is 8.88. The molecule has 2 nitrogen and oxygen atoms in total. The summed E-state index contributed by atoms with van der Waals surface area (Å²) in [5, 5.41) is 1.02. The Bertz CT molecular complexity index is 394. The summed E-state index contributed by atoms with van der Waals surface area (Å²) in [4.78, 5) is 0. The Morgan fingerprint density at radius 1 is 1.21 bits per heavy atom. The molecule has 0 spiro atoms. The summed E-state index contributed by atoms with van der Waals surface area (Å²) in [6.45, 7) is 2.18. The van der Waals surface area contributed by atoms with Crippen LogP contribution in [-0.2, 0) is 21.3 Å². The van der Waals surface area contributed by atoms with Crippen LogP contribution >= 0.6 is 15.9 Å². The van der Waals surface area contributed by atoms with Gasteiger partial charge in [0.25, 0.3) is 0 Å². The number of hydrogen-bond acceptors (Lipinski definition) is 2. The van der Waals surface area contributed by atoms with Crippen LogP contribution in [0.4, 0.5) is 0 Å². The van der Waals surface area contributed by atoms with Crippen LogP contribution in [-0.4, -0.2) is 32.3 Å². The molecule has 0 saturated heterocycles. The van der Waals surface area contributed by atoms with E-state index in [1.54, 1.807) is 7.11 Å². The lowest BCUT2D eigenvalue weighted by Crippen LogP contribution is -2.34. The number of benzene rings is 1. The summed E-state index contributed by atoms with van der Waals surface area (Å²) < 4.78 is 10.7. The summed E-state index contributed by atoms with van der Waals surface area (Å²) in [7, 11) is 1.71. The molecule has 0 fully saturated rings. The molecule has 2 rings (SSSR count). The van der Waals surface area contributed by atoms with Gasteiger partial charge >= 0.3 is 0 Å². The highest BCUT2D eigenvalue weighted by atomic mass is 79.9. The van der Waals surface area contributed by atoms with Crippen LogP contribution in [0.2, 0.25) is 0 Å². The minimum atomic E-state index is 0.252. The molecule has 1 aliphatic carbocycles. The summed E-state index contributed by atoms with van der Waals surface area (Å²) in [6.07, 6.45) is 4.83. The Hall–Kier alpha value is -0.380. The first-order valence-corrected chi connectivity index (χ1v) is 8.15. The van der Waals surface area contributed by atoms with Crippen molar-refractivity contribution in [1.29, 1.82) is 0 Å². The number of fused-ring (bicyclic) bond motifs is 1. The second-order valence-corrected chi connectivity index (χ2v) is 5.84. The zero-order chi connectivity index (χ0) is 13.6. The van der Waals surface area contributed by atoms with Crippen LogP contribution in [0.25, 0.3) is 0 Å². The van der Waals surface area contributed by atoms with E-state index in [9.17, 15) is 0 Å². The summed E-state index contributed by atoms with van der Waals surface area (Å²) in [5.74, 6) is 0. The average Bonchev–Trinajstić information content (AvgIpc) is 2.47. The Kier molecular flexibility index (Phi) is 5.86. The minimum absolute atomic E-state index is 0.252. The van der Waals surface area contributed by atoms with Gasteiger partial charge in [0.05, 0.1) is 13.2 Å². The molecule has 0 aromatic heterocycles. The fraction of sp³-hybridized carbons (Fsp3) is 0.625. The highest BCUT2D eigenvalue weighted by Crippen LogP contribution is 2.41. The van der Waals surface area contributed by atoms with E-state index in [0.29, 0.717) is 13.2 Å². The first-order valence-electron chi connectivity index (χ1n) is 7.03. The molecule has 1 aliphatic rings. The molecule has 3 heteroatoms. The maximum Gasteiger partial charge on any atom is 0.0700 e. The number of hydrogen-bond donors (Lipinski definition) is 0. The topological polar surface area (TPSA) is 18.5 Å². The molecule has 0 amide bonds. The zero-order valence-corrected chi connectivity index (χ0v) is 13.2. The fourth-order valence-electron chi connectivity index (χ4n) is 2.98. The van der Waals surface area contributed by atoms with Crippen molar-refractivity contribution >= 4 is 15.9 Å². The van der Waals surface area contributed by atoms with Crippen molar-refractivity contribution in [3.05, 3.63) is 35.4 Å². The highest BCUT2D eigenvalue weighted by molar-refractivity contribution is 9.09. The van der Waals surface area contributed by atoms with Gasteiger partial charge in [0.1, 0.15) is 0 Å². The van der Waals surface area contributed by atoms with E-state index >= 15 is 0 Å². The third-order valence-electron chi connectivity index (χ3n) is 4.10. The molecule has 0 N–H and O–H groups in total. The van der Waals surface area contributed by atoms with E-state index in [1.807, 2.05) is 0 Å². The van der Waals surface area contributed by atoms with Gasteiger partial charge in [-0.05, 0) is 36.8 Å². The van der Waals surface area contributed by atoms with Gasteiger partial charge in [-0.1, -0.05) is 40.2 Å². The second-order valence-electron chi connectivity index (χ2n) is 5.28. The fourth-order valence-corrected chi connectivity index (χ4v) is 3.85. The van der Waals surface area contributed by atoms with Crippen LogP contribution in [0, 0.1) is 0 Å². The van der Waals surface area contributed by atoms with Gasteiger partial charge in [0.2, 0.25) is 0 Å². The predicted molar refractivity (Wildman–Crippen MR) is 82.2 cm³/mol. The van der Waals surface area contributed by atoms with Crippen molar-refractivity contribution in [3.63, 3.8) is 0 Å². The smallest absolute Gasteiger partial charge is 0.0700 e. The van der Waals surface area contributed by atoms with Gasteiger partial charge in [-0.15, -0.1) is 0 Å². The molecule has 106 valence electrons. The molecule has 19 heavy (non-hydrogen) atoms. The lowest BCUT2D eigenvalue weighted by atomic mass is 9.69.